The van der Waals surface area contributed by atoms with Crippen LogP contribution in [-0.4, -0.2) is 58.9 Å². The van der Waals surface area contributed by atoms with Crippen LogP contribution >= 0.6 is 0 Å². The quantitative estimate of drug-likeness (QED) is 0.136. The molecule has 1 saturated carbocycles. The second-order valence-electron chi connectivity index (χ2n) is 16.5. The second kappa shape index (κ2) is 14.9. The Morgan fingerprint density at radius 2 is 1.71 bits per heavy atom. The van der Waals surface area contributed by atoms with Crippen molar-refractivity contribution in [1.29, 1.82) is 0 Å². The fourth-order valence-electron chi connectivity index (χ4n) is 9.44. The first-order valence-electron chi connectivity index (χ1n) is 20.5. The highest BCUT2D eigenvalue weighted by Gasteiger charge is 2.39. The van der Waals surface area contributed by atoms with Crippen LogP contribution < -0.4 is 26.0 Å². The summed E-state index contributed by atoms with van der Waals surface area (Å²) in [7, 11) is 1.81. The molecule has 0 bridgehead atoms. The minimum absolute atomic E-state index is 0.0302. The molecule has 1 unspecified atom stereocenters. The molecule has 10 nitrogen and oxygen atoms in total. The van der Waals surface area contributed by atoms with Crippen molar-refractivity contribution < 1.29 is 23.2 Å². The maximum absolute atomic E-state index is 15.1. The van der Waals surface area contributed by atoms with Gasteiger partial charge in [-0.3, -0.25) is 24.5 Å². The first kappa shape index (κ1) is 37.8. The number of imide groups is 1. The van der Waals surface area contributed by atoms with Gasteiger partial charge in [0.1, 0.15) is 6.04 Å². The second-order valence-corrected chi connectivity index (χ2v) is 16.5. The Balaban J connectivity index is 0.924. The van der Waals surface area contributed by atoms with Crippen LogP contribution in [0.25, 0.3) is 16.5 Å². The molecule has 0 spiro atoms. The van der Waals surface area contributed by atoms with E-state index >= 15 is 8.78 Å². The van der Waals surface area contributed by atoms with Gasteiger partial charge in [-0.1, -0.05) is 12.7 Å². The van der Waals surface area contributed by atoms with Gasteiger partial charge in [-0.2, -0.15) is 0 Å². The van der Waals surface area contributed by atoms with E-state index in [2.05, 4.69) is 39.1 Å². The molecule has 2 saturated heterocycles. The maximum Gasteiger partial charge on any atom is 0.264 e. The number of allylic oxidation sites excluding steroid dienone is 2. The standard InChI is InChI=1S/C46H48F2N6O4/c1-4-27(24-49-32-13-16-52(17-14-32)33-9-10-34-31(19-33)25-54(46(34)58)38-11-12-42(55)50-44(38)56)35-20-29-6-5-15-53(39(29)23-36(35)43(47)48)41-22-30(28-7-8-28)21-40-37(41)18-26(2)45(57)51(40)3/h4,9-10,18-24,28,32,38,43,49H,1,5-8,11-17,25H2,2-3H3,(H,50,55,56)/b27-24+. The molecule has 3 fully saturated rings. The van der Waals surface area contributed by atoms with E-state index in [1.54, 1.807) is 21.6 Å². The molecule has 0 radical (unpaired) electrons. The summed E-state index contributed by atoms with van der Waals surface area (Å²) in [5.41, 5.74) is 8.96. The van der Waals surface area contributed by atoms with E-state index in [1.807, 2.05) is 50.5 Å². The number of rotatable bonds is 9. The number of nitrogens with zero attached hydrogens (tertiary/aromatic N) is 4. The predicted molar refractivity (Wildman–Crippen MR) is 222 cm³/mol. The molecule has 9 rings (SSSR count). The summed E-state index contributed by atoms with van der Waals surface area (Å²) in [6.45, 7) is 8.40. The molecule has 2 N–H and O–H groups in total. The largest absolute Gasteiger partial charge is 0.388 e. The number of carbonyl (C=O) groups is 3. The number of halogens is 2. The number of benzene rings is 3. The summed E-state index contributed by atoms with van der Waals surface area (Å²) >= 11 is 0. The number of hydrogen-bond donors (Lipinski definition) is 2. The van der Waals surface area contributed by atoms with Crippen LogP contribution in [0.3, 0.4) is 0 Å². The van der Waals surface area contributed by atoms with Crippen molar-refractivity contribution in [2.24, 2.45) is 7.05 Å². The highest BCUT2D eigenvalue weighted by atomic mass is 19.3. The third-order valence-electron chi connectivity index (χ3n) is 12.8. The van der Waals surface area contributed by atoms with Gasteiger partial charge in [0.05, 0.1) is 11.2 Å². The molecule has 1 aliphatic carbocycles. The van der Waals surface area contributed by atoms with Crippen molar-refractivity contribution in [3.8, 4) is 0 Å². The third-order valence-corrected chi connectivity index (χ3v) is 12.8. The number of hydrogen-bond acceptors (Lipinski definition) is 7. The minimum Gasteiger partial charge on any atom is -0.388 e. The molecule has 1 atom stereocenters. The van der Waals surface area contributed by atoms with Crippen LogP contribution in [0.1, 0.15) is 101 Å². The van der Waals surface area contributed by atoms with E-state index in [0.717, 1.165) is 90.7 Å². The number of aryl methyl sites for hydroxylation is 3. The van der Waals surface area contributed by atoms with Crippen LogP contribution in [0, 0.1) is 6.92 Å². The summed E-state index contributed by atoms with van der Waals surface area (Å²) in [4.78, 5) is 56.3. The monoisotopic (exact) mass is 786 g/mol. The zero-order valence-corrected chi connectivity index (χ0v) is 33.0. The van der Waals surface area contributed by atoms with Crippen molar-refractivity contribution in [2.75, 3.05) is 29.4 Å². The smallest absolute Gasteiger partial charge is 0.264 e. The molecule has 4 aromatic rings. The SMILES string of the molecule is C=C/C(=C\NC1CCN(c2ccc3c(c2)CN(C2CCC(=O)NC2=O)C3=O)CC1)c1cc2c(cc1C(F)F)N(c1cc(C3CC3)cc3c1cc(C)c(=O)n3C)CCC2. The van der Waals surface area contributed by atoms with Gasteiger partial charge in [-0.15, -0.1) is 0 Å². The number of fused-ring (bicyclic) bond motifs is 3. The van der Waals surface area contributed by atoms with Crippen LogP contribution in [0.4, 0.5) is 25.8 Å². The van der Waals surface area contributed by atoms with Crippen molar-refractivity contribution in [2.45, 2.75) is 89.3 Å². The van der Waals surface area contributed by atoms with Gasteiger partial charge in [0, 0.05) is 85.3 Å². The van der Waals surface area contributed by atoms with Gasteiger partial charge in [0.2, 0.25) is 11.8 Å². The molecular formula is C46H48F2N6O4. The van der Waals surface area contributed by atoms with Gasteiger partial charge in [0.25, 0.3) is 17.9 Å². The molecule has 3 aromatic carbocycles. The number of carbonyl (C=O) groups excluding carboxylic acids is 3. The topological polar surface area (TPSA) is 107 Å². The van der Waals surface area contributed by atoms with E-state index in [4.69, 9.17) is 0 Å². The van der Waals surface area contributed by atoms with Crippen LogP contribution in [0.5, 0.6) is 0 Å². The summed E-state index contributed by atoms with van der Waals surface area (Å²) in [6, 6.07) is 15.2. The van der Waals surface area contributed by atoms with E-state index in [-0.39, 0.29) is 35.4 Å². The molecule has 5 heterocycles. The number of nitrogens with one attached hydrogen (secondary N) is 2. The predicted octanol–water partition coefficient (Wildman–Crippen LogP) is 7.29. The molecule has 1 aromatic heterocycles. The van der Waals surface area contributed by atoms with Crippen LogP contribution in [0.15, 0.2) is 72.2 Å². The molecule has 4 aliphatic heterocycles. The number of anilines is 3. The number of piperidine rings is 2. The molecular weight excluding hydrogens is 739 g/mol. The highest BCUT2D eigenvalue weighted by molar-refractivity contribution is 6.05. The molecule has 300 valence electrons. The van der Waals surface area contributed by atoms with Gasteiger partial charge < -0.3 is 24.6 Å². The van der Waals surface area contributed by atoms with Crippen molar-refractivity contribution >= 4 is 51.3 Å². The first-order chi connectivity index (χ1) is 28.0. The molecule has 5 aliphatic rings. The average molecular weight is 787 g/mol. The molecule has 12 heteroatoms. The summed E-state index contributed by atoms with van der Waals surface area (Å²) < 4.78 is 31.8. The van der Waals surface area contributed by atoms with Crippen LogP contribution in [0.2, 0.25) is 0 Å². The normalized spacial score (nSPS) is 20.2. The summed E-state index contributed by atoms with van der Waals surface area (Å²) in [5.74, 6) is -0.466. The zero-order chi connectivity index (χ0) is 40.4. The van der Waals surface area contributed by atoms with E-state index in [9.17, 15) is 19.2 Å². The van der Waals surface area contributed by atoms with Crippen molar-refractivity contribution in [3.63, 3.8) is 0 Å². The lowest BCUT2D eigenvalue weighted by atomic mass is 9.91. The van der Waals surface area contributed by atoms with E-state index in [1.165, 1.54) is 5.56 Å². The number of pyridine rings is 1. The van der Waals surface area contributed by atoms with Crippen molar-refractivity contribution in [3.05, 3.63) is 117 Å². The Bertz CT molecular complexity index is 2480. The average Bonchev–Trinajstić information content (AvgIpc) is 4.03. The Morgan fingerprint density at radius 3 is 2.43 bits per heavy atom. The molecule has 3 amide bonds. The van der Waals surface area contributed by atoms with Crippen molar-refractivity contribution in [1.82, 2.24) is 20.1 Å². The van der Waals surface area contributed by atoms with E-state index < -0.39 is 18.4 Å². The fourth-order valence-corrected chi connectivity index (χ4v) is 9.44. The van der Waals surface area contributed by atoms with Gasteiger partial charge in [-0.05, 0) is 134 Å². The number of amides is 3. The number of aromatic nitrogens is 1. The molecule has 58 heavy (non-hydrogen) atoms. The minimum atomic E-state index is -2.70. The Labute approximate surface area is 336 Å². The van der Waals surface area contributed by atoms with E-state index in [0.29, 0.717) is 47.7 Å². The Morgan fingerprint density at radius 1 is 0.914 bits per heavy atom. The van der Waals surface area contributed by atoms with Gasteiger partial charge in [-0.25, -0.2) is 8.78 Å². The highest BCUT2D eigenvalue weighted by Crippen LogP contribution is 2.46. The van der Waals surface area contributed by atoms with Gasteiger partial charge in [0.15, 0.2) is 0 Å². The lowest BCUT2D eigenvalue weighted by molar-refractivity contribution is -0.136. The fraction of sp³-hybridized carbons (Fsp3) is 0.391. The lowest BCUT2D eigenvalue weighted by Gasteiger charge is -2.34. The summed E-state index contributed by atoms with van der Waals surface area (Å²) in [6.07, 6.45) is 6.80. The Kier molecular flexibility index (Phi) is 9.68. The Hall–Kier alpha value is -5.78. The zero-order valence-electron chi connectivity index (χ0n) is 33.0. The maximum atomic E-state index is 15.1. The first-order valence-corrected chi connectivity index (χ1v) is 20.5. The van der Waals surface area contributed by atoms with Crippen LogP contribution in [-0.2, 0) is 29.6 Å². The van der Waals surface area contributed by atoms with Gasteiger partial charge >= 0.3 is 0 Å². The third kappa shape index (κ3) is 6.75. The summed E-state index contributed by atoms with van der Waals surface area (Å²) in [5, 5.41) is 6.82. The lowest BCUT2D eigenvalue weighted by Crippen LogP contribution is -2.52. The number of alkyl halides is 2.